The van der Waals surface area contributed by atoms with E-state index in [-0.39, 0.29) is 6.61 Å². The number of aromatic amines is 1. The maximum absolute atomic E-state index is 9.00. The van der Waals surface area contributed by atoms with E-state index in [2.05, 4.69) is 32.3 Å². The fourth-order valence-corrected chi connectivity index (χ4v) is 2.80. The van der Waals surface area contributed by atoms with Gasteiger partial charge in [-0.2, -0.15) is 5.10 Å². The lowest BCUT2D eigenvalue weighted by Crippen LogP contribution is -2.31. The third-order valence-electron chi connectivity index (χ3n) is 3.86. The second-order valence-corrected chi connectivity index (χ2v) is 5.02. The van der Waals surface area contributed by atoms with Crippen molar-refractivity contribution in [3.8, 4) is 0 Å². The summed E-state index contributed by atoms with van der Waals surface area (Å²) in [7, 11) is 0. The number of aliphatic hydroxyl groups excluding tert-OH is 1. The summed E-state index contributed by atoms with van der Waals surface area (Å²) < 4.78 is 0. The number of rotatable bonds is 4. The predicted molar refractivity (Wildman–Crippen MR) is 78.5 cm³/mol. The first-order chi connectivity index (χ1) is 9.74. The Kier molecular flexibility index (Phi) is 3.45. The van der Waals surface area contributed by atoms with Crippen molar-refractivity contribution in [2.75, 3.05) is 37.3 Å². The van der Waals surface area contributed by atoms with Crippen molar-refractivity contribution in [2.24, 2.45) is 0 Å². The summed E-state index contributed by atoms with van der Waals surface area (Å²) in [4.78, 5) is 6.92. The van der Waals surface area contributed by atoms with Crippen LogP contribution in [-0.4, -0.2) is 51.4 Å². The molecule has 3 heterocycles. The molecule has 2 aromatic heterocycles. The zero-order chi connectivity index (χ0) is 14.1. The lowest BCUT2D eigenvalue weighted by Gasteiger charge is -2.29. The maximum Gasteiger partial charge on any atom is 0.185 e. The Morgan fingerprint density at radius 2 is 2.30 bits per heavy atom. The molecule has 0 atom stereocenters. The van der Waals surface area contributed by atoms with Gasteiger partial charge >= 0.3 is 0 Å². The Morgan fingerprint density at radius 3 is 3.05 bits per heavy atom. The normalized spacial score (nSPS) is 15.5. The smallest absolute Gasteiger partial charge is 0.185 e. The number of nitrogens with two attached hydrogens (primary N) is 1. The molecule has 108 valence electrons. The molecule has 0 saturated heterocycles. The largest absolute Gasteiger partial charge is 0.395 e. The first-order valence-electron chi connectivity index (χ1n) is 6.97. The van der Waals surface area contributed by atoms with E-state index in [9.17, 15) is 0 Å². The minimum Gasteiger partial charge on any atom is -0.395 e. The molecule has 0 aromatic carbocycles. The van der Waals surface area contributed by atoms with Crippen molar-refractivity contribution >= 4 is 22.7 Å². The van der Waals surface area contributed by atoms with Crippen molar-refractivity contribution in [1.29, 1.82) is 0 Å². The quantitative estimate of drug-likeness (QED) is 0.641. The highest BCUT2D eigenvalue weighted by Crippen LogP contribution is 2.32. The first kappa shape index (κ1) is 13.1. The van der Waals surface area contributed by atoms with Gasteiger partial charge in [-0.3, -0.25) is 10.00 Å². The van der Waals surface area contributed by atoms with Crippen molar-refractivity contribution in [3.63, 3.8) is 0 Å². The maximum atomic E-state index is 9.00. The average molecular weight is 276 g/mol. The Hall–Kier alpha value is -1.86. The molecule has 0 radical (unpaired) electrons. The van der Waals surface area contributed by atoms with Crippen LogP contribution in [0.5, 0.6) is 0 Å². The van der Waals surface area contributed by atoms with Gasteiger partial charge in [0.15, 0.2) is 5.65 Å². The lowest BCUT2D eigenvalue weighted by atomic mass is 9.97. The van der Waals surface area contributed by atoms with Gasteiger partial charge in [0.2, 0.25) is 0 Å². The summed E-state index contributed by atoms with van der Waals surface area (Å²) >= 11 is 0. The second-order valence-electron chi connectivity index (χ2n) is 5.02. The number of aromatic nitrogens is 3. The Bertz CT molecular complexity index is 623. The van der Waals surface area contributed by atoms with Crippen LogP contribution in [0.4, 0.5) is 11.6 Å². The molecule has 0 unspecified atom stereocenters. The molecule has 0 fully saturated rings. The molecule has 1 aliphatic heterocycles. The Balaban J connectivity index is 2.13. The standard InChI is InChI=1S/C13H20N6O/c1-2-19-5-3-8-9(7-19)12(15-4-6-20)16-13-10(8)11(14)17-18-13/h20H,2-7H2,1H3,(H4,14,15,16,17,18). The van der Waals surface area contributed by atoms with Gasteiger partial charge in [-0.1, -0.05) is 6.92 Å². The number of hydrogen-bond donors (Lipinski definition) is 4. The number of fused-ring (bicyclic) bond motifs is 3. The van der Waals surface area contributed by atoms with Crippen LogP contribution in [0.15, 0.2) is 0 Å². The number of nitrogens with zero attached hydrogens (tertiary/aromatic N) is 3. The van der Waals surface area contributed by atoms with Gasteiger partial charge in [-0.25, -0.2) is 4.98 Å². The fourth-order valence-electron chi connectivity index (χ4n) is 2.80. The summed E-state index contributed by atoms with van der Waals surface area (Å²) in [5.74, 6) is 1.40. The molecule has 0 bridgehead atoms. The van der Waals surface area contributed by atoms with E-state index >= 15 is 0 Å². The van der Waals surface area contributed by atoms with Gasteiger partial charge in [-0.15, -0.1) is 0 Å². The number of nitrogens with one attached hydrogen (secondary N) is 2. The monoisotopic (exact) mass is 276 g/mol. The van der Waals surface area contributed by atoms with E-state index in [4.69, 9.17) is 10.8 Å². The molecule has 0 saturated carbocycles. The number of anilines is 2. The van der Waals surface area contributed by atoms with E-state index in [0.29, 0.717) is 18.0 Å². The Labute approximate surface area is 117 Å². The van der Waals surface area contributed by atoms with Crippen LogP contribution in [0.2, 0.25) is 0 Å². The molecule has 7 nitrogen and oxygen atoms in total. The predicted octanol–water partition coefficient (Wildman–Crippen LogP) is 0.322. The molecule has 0 aliphatic carbocycles. The minimum absolute atomic E-state index is 0.0781. The molecular weight excluding hydrogens is 256 g/mol. The second kappa shape index (κ2) is 5.26. The van der Waals surface area contributed by atoms with Crippen LogP contribution in [0.1, 0.15) is 18.1 Å². The molecule has 5 N–H and O–H groups in total. The number of H-pyrrole nitrogens is 1. The van der Waals surface area contributed by atoms with E-state index in [1.54, 1.807) is 0 Å². The third-order valence-corrected chi connectivity index (χ3v) is 3.86. The van der Waals surface area contributed by atoms with E-state index in [1.807, 2.05) is 0 Å². The minimum atomic E-state index is 0.0781. The van der Waals surface area contributed by atoms with Crippen molar-refractivity contribution in [2.45, 2.75) is 19.9 Å². The van der Waals surface area contributed by atoms with Gasteiger partial charge in [0.1, 0.15) is 11.6 Å². The average Bonchev–Trinajstić information content (AvgIpc) is 2.85. The molecule has 3 rings (SSSR count). The number of pyridine rings is 1. The Morgan fingerprint density at radius 1 is 1.45 bits per heavy atom. The number of aliphatic hydroxyl groups is 1. The van der Waals surface area contributed by atoms with Crippen LogP contribution in [0.25, 0.3) is 11.0 Å². The SMILES string of the molecule is CCN1CCc2c(c(NCCO)nc3n[nH]c(N)c23)C1. The number of nitrogen functional groups attached to an aromatic ring is 1. The summed E-state index contributed by atoms with van der Waals surface area (Å²) in [5, 5.41) is 20.1. The third kappa shape index (κ3) is 2.08. The van der Waals surface area contributed by atoms with E-state index < -0.39 is 0 Å². The molecule has 0 spiro atoms. The summed E-state index contributed by atoms with van der Waals surface area (Å²) in [6.45, 7) is 5.60. The molecule has 0 amide bonds. The van der Waals surface area contributed by atoms with Crippen LogP contribution in [0.3, 0.4) is 0 Å². The van der Waals surface area contributed by atoms with Crippen molar-refractivity contribution in [3.05, 3.63) is 11.1 Å². The summed E-state index contributed by atoms with van der Waals surface area (Å²) in [6, 6.07) is 0. The highest BCUT2D eigenvalue weighted by Gasteiger charge is 2.24. The van der Waals surface area contributed by atoms with Gasteiger partial charge in [-0.05, 0) is 18.5 Å². The van der Waals surface area contributed by atoms with Gasteiger partial charge < -0.3 is 16.2 Å². The van der Waals surface area contributed by atoms with Crippen LogP contribution in [-0.2, 0) is 13.0 Å². The summed E-state index contributed by atoms with van der Waals surface area (Å²) in [5.41, 5.74) is 9.03. The van der Waals surface area contributed by atoms with Gasteiger partial charge in [0.25, 0.3) is 0 Å². The van der Waals surface area contributed by atoms with E-state index in [1.165, 1.54) is 11.1 Å². The van der Waals surface area contributed by atoms with Crippen LogP contribution in [0, 0.1) is 0 Å². The zero-order valence-electron chi connectivity index (χ0n) is 11.6. The van der Waals surface area contributed by atoms with E-state index in [0.717, 1.165) is 37.3 Å². The first-order valence-corrected chi connectivity index (χ1v) is 6.97. The zero-order valence-corrected chi connectivity index (χ0v) is 11.6. The number of hydrogen-bond acceptors (Lipinski definition) is 6. The topological polar surface area (TPSA) is 103 Å². The summed E-state index contributed by atoms with van der Waals surface area (Å²) in [6.07, 6.45) is 0.944. The molecular formula is C13H20N6O. The van der Waals surface area contributed by atoms with Crippen molar-refractivity contribution in [1.82, 2.24) is 20.1 Å². The van der Waals surface area contributed by atoms with Crippen molar-refractivity contribution < 1.29 is 5.11 Å². The van der Waals surface area contributed by atoms with Gasteiger partial charge in [0, 0.05) is 25.2 Å². The van der Waals surface area contributed by atoms with Crippen LogP contribution >= 0.6 is 0 Å². The lowest BCUT2D eigenvalue weighted by molar-refractivity contribution is 0.269. The highest BCUT2D eigenvalue weighted by molar-refractivity contribution is 5.92. The molecule has 20 heavy (non-hydrogen) atoms. The molecule has 7 heteroatoms. The molecule has 2 aromatic rings. The highest BCUT2D eigenvalue weighted by atomic mass is 16.3. The van der Waals surface area contributed by atoms with Gasteiger partial charge in [0.05, 0.1) is 12.0 Å². The molecule has 1 aliphatic rings. The fraction of sp³-hybridized carbons (Fsp3) is 0.538. The van der Waals surface area contributed by atoms with Crippen LogP contribution < -0.4 is 11.1 Å². The number of likely N-dealkylation sites (N-methyl/N-ethyl adjacent to an activating group) is 1.